The molecule has 6 N–H and O–H groups in total. The van der Waals surface area contributed by atoms with Crippen molar-refractivity contribution < 1.29 is 28.7 Å². The molecular formula is C23H43N5O6. The smallest absolute Gasteiger partial charge is 0.245 e. The van der Waals surface area contributed by atoms with Crippen LogP contribution >= 0.6 is 0 Å². The van der Waals surface area contributed by atoms with Gasteiger partial charge in [-0.15, -0.1) is 0 Å². The number of ketones is 1. The van der Waals surface area contributed by atoms with Crippen molar-refractivity contribution in [1.29, 1.82) is 0 Å². The van der Waals surface area contributed by atoms with Crippen LogP contribution in [0, 0.1) is 5.92 Å². The number of Topliss-reactive ketones (excluding diaryl/α,β-unsaturated/α-hetero) is 1. The molecule has 0 aromatic rings. The first-order valence-corrected chi connectivity index (χ1v) is 11.6. The Hall–Kier alpha value is -2.53. The van der Waals surface area contributed by atoms with Gasteiger partial charge in [0.25, 0.3) is 0 Å². The van der Waals surface area contributed by atoms with Gasteiger partial charge in [-0.1, -0.05) is 20.3 Å². The Labute approximate surface area is 202 Å². The third-order valence-electron chi connectivity index (χ3n) is 5.40. The third kappa shape index (κ3) is 11.1. The molecule has 11 nitrogen and oxygen atoms in total. The lowest BCUT2D eigenvalue weighted by molar-refractivity contribution is -0.140. The van der Waals surface area contributed by atoms with Crippen molar-refractivity contribution in [3.63, 3.8) is 0 Å². The van der Waals surface area contributed by atoms with E-state index >= 15 is 0 Å². The lowest BCUT2D eigenvalue weighted by Crippen LogP contribution is -2.61. The second-order valence-electron chi connectivity index (χ2n) is 9.65. The van der Waals surface area contributed by atoms with Gasteiger partial charge in [0.1, 0.15) is 12.1 Å². The molecule has 6 atom stereocenters. The van der Waals surface area contributed by atoms with Crippen LogP contribution in [0.4, 0.5) is 0 Å². The van der Waals surface area contributed by atoms with Crippen molar-refractivity contribution in [2.24, 2.45) is 11.7 Å². The summed E-state index contributed by atoms with van der Waals surface area (Å²) in [5.74, 6) is -2.98. The molecule has 0 fully saturated rings. The van der Waals surface area contributed by atoms with Crippen LogP contribution in [0.25, 0.3) is 0 Å². The van der Waals surface area contributed by atoms with E-state index in [2.05, 4.69) is 21.3 Å². The zero-order chi connectivity index (χ0) is 26.8. The number of carbonyl (C=O) groups is 5. The van der Waals surface area contributed by atoms with Gasteiger partial charge < -0.3 is 31.7 Å². The van der Waals surface area contributed by atoms with Crippen LogP contribution in [-0.4, -0.2) is 72.3 Å². The Bertz CT molecular complexity index is 736. The average Bonchev–Trinajstić information content (AvgIpc) is 2.69. The standard InChI is InChI=1S/C23H43N5O6/c1-10-12(2)18(25-9)21(32)28-19(15(5)34-23(6,7)8)22(33)27-16(11-17(24)30)20(31)26-13(3)14(4)29/h12-13,15-16,18-19,25H,10-11H2,1-9H3,(H2,24,30)(H,26,31)(H,27,33)(H,28,32). The van der Waals surface area contributed by atoms with E-state index in [1.54, 1.807) is 14.0 Å². The van der Waals surface area contributed by atoms with Crippen LogP contribution in [0.15, 0.2) is 0 Å². The largest absolute Gasteiger partial charge is 0.370 e. The number of hydrogen-bond donors (Lipinski definition) is 5. The van der Waals surface area contributed by atoms with Gasteiger partial charge in [-0.05, 0) is 54.5 Å². The first-order chi connectivity index (χ1) is 15.5. The fraction of sp³-hybridized carbons (Fsp3) is 0.783. The van der Waals surface area contributed by atoms with E-state index in [-0.39, 0.29) is 11.7 Å². The number of nitrogens with one attached hydrogen (secondary N) is 4. The Morgan fingerprint density at radius 3 is 1.82 bits per heavy atom. The molecule has 34 heavy (non-hydrogen) atoms. The highest BCUT2D eigenvalue weighted by molar-refractivity contribution is 5.96. The number of carbonyl (C=O) groups excluding carboxylic acids is 5. The maximum Gasteiger partial charge on any atom is 0.245 e. The Morgan fingerprint density at radius 1 is 0.882 bits per heavy atom. The van der Waals surface area contributed by atoms with Gasteiger partial charge in [0.05, 0.1) is 30.2 Å². The number of nitrogens with two attached hydrogens (primary N) is 1. The fourth-order valence-electron chi connectivity index (χ4n) is 3.26. The van der Waals surface area contributed by atoms with Crippen LogP contribution in [-0.2, 0) is 28.7 Å². The van der Waals surface area contributed by atoms with Gasteiger partial charge in [-0.3, -0.25) is 24.0 Å². The summed E-state index contributed by atoms with van der Waals surface area (Å²) < 4.78 is 5.91. The minimum atomic E-state index is -1.33. The van der Waals surface area contributed by atoms with Gasteiger partial charge in [-0.2, -0.15) is 0 Å². The summed E-state index contributed by atoms with van der Waals surface area (Å²) in [5.41, 5.74) is 4.64. The summed E-state index contributed by atoms with van der Waals surface area (Å²) >= 11 is 0. The highest BCUT2D eigenvalue weighted by atomic mass is 16.5. The number of primary amides is 1. The molecule has 0 aliphatic rings. The zero-order valence-corrected chi connectivity index (χ0v) is 21.9. The number of rotatable bonds is 14. The fourth-order valence-corrected chi connectivity index (χ4v) is 3.26. The molecule has 196 valence electrons. The lowest BCUT2D eigenvalue weighted by atomic mass is 9.97. The highest BCUT2D eigenvalue weighted by Gasteiger charge is 2.35. The van der Waals surface area contributed by atoms with Gasteiger partial charge in [-0.25, -0.2) is 0 Å². The quantitative estimate of drug-likeness (QED) is 0.226. The lowest BCUT2D eigenvalue weighted by Gasteiger charge is -2.33. The van der Waals surface area contributed by atoms with Crippen LogP contribution in [0.3, 0.4) is 0 Å². The van der Waals surface area contributed by atoms with Crippen molar-refractivity contribution in [2.45, 2.75) is 104 Å². The van der Waals surface area contributed by atoms with Gasteiger partial charge in [0.15, 0.2) is 5.78 Å². The van der Waals surface area contributed by atoms with Crippen molar-refractivity contribution >= 4 is 29.4 Å². The minimum absolute atomic E-state index is 0.00555. The second-order valence-corrected chi connectivity index (χ2v) is 9.65. The predicted octanol–water partition coefficient (Wildman–Crippen LogP) is -0.237. The summed E-state index contributed by atoms with van der Waals surface area (Å²) in [7, 11) is 1.66. The molecule has 0 rings (SSSR count). The van der Waals surface area contributed by atoms with Crippen LogP contribution in [0.2, 0.25) is 0 Å². The van der Waals surface area contributed by atoms with Crippen LogP contribution in [0.1, 0.15) is 68.2 Å². The molecule has 0 radical (unpaired) electrons. The summed E-state index contributed by atoms with van der Waals surface area (Å²) in [6, 6.07) is -3.86. The van der Waals surface area contributed by atoms with E-state index < -0.39 is 65.9 Å². The topological polar surface area (TPSA) is 169 Å². The SMILES string of the molecule is CCC(C)C(NC)C(=O)NC(C(=O)NC(CC(N)=O)C(=O)NC(C)C(C)=O)C(C)OC(C)(C)C. The Balaban J connectivity index is 5.87. The van der Waals surface area contributed by atoms with Gasteiger partial charge in [0, 0.05) is 0 Å². The van der Waals surface area contributed by atoms with Gasteiger partial charge >= 0.3 is 0 Å². The van der Waals surface area contributed by atoms with E-state index in [4.69, 9.17) is 10.5 Å². The molecule has 0 saturated heterocycles. The van der Waals surface area contributed by atoms with Crippen molar-refractivity contribution in [2.75, 3.05) is 7.05 Å². The van der Waals surface area contributed by atoms with E-state index in [0.717, 1.165) is 6.42 Å². The summed E-state index contributed by atoms with van der Waals surface area (Å²) in [6.45, 7) is 13.7. The number of ether oxygens (including phenoxy) is 1. The minimum Gasteiger partial charge on any atom is -0.370 e. The molecule has 4 amide bonds. The Morgan fingerprint density at radius 2 is 1.41 bits per heavy atom. The van der Waals surface area contributed by atoms with E-state index in [1.807, 2.05) is 34.6 Å². The molecule has 0 spiro atoms. The number of hydrogen-bond acceptors (Lipinski definition) is 7. The highest BCUT2D eigenvalue weighted by Crippen LogP contribution is 2.15. The van der Waals surface area contributed by atoms with Crippen molar-refractivity contribution in [1.82, 2.24) is 21.3 Å². The summed E-state index contributed by atoms with van der Waals surface area (Å²) in [5, 5.41) is 10.6. The molecule has 0 heterocycles. The first-order valence-electron chi connectivity index (χ1n) is 11.6. The van der Waals surface area contributed by atoms with E-state index in [1.165, 1.54) is 13.8 Å². The molecule has 0 saturated carbocycles. The van der Waals surface area contributed by atoms with Crippen LogP contribution < -0.4 is 27.0 Å². The van der Waals surface area contributed by atoms with Crippen LogP contribution in [0.5, 0.6) is 0 Å². The molecule has 0 bridgehead atoms. The maximum atomic E-state index is 13.2. The number of likely N-dealkylation sites (N-methyl/N-ethyl adjacent to an activating group) is 1. The Kier molecular flexibility index (Phi) is 13.0. The molecule has 0 aromatic carbocycles. The monoisotopic (exact) mass is 485 g/mol. The summed E-state index contributed by atoms with van der Waals surface area (Å²) in [6.07, 6.45) is -0.519. The first kappa shape index (κ1) is 31.5. The van der Waals surface area contributed by atoms with Gasteiger partial charge in [0.2, 0.25) is 23.6 Å². The molecule has 0 aliphatic carbocycles. The molecule has 6 unspecified atom stereocenters. The summed E-state index contributed by atoms with van der Waals surface area (Å²) in [4.78, 5) is 61.9. The second kappa shape index (κ2) is 14.0. The molecular weight excluding hydrogens is 442 g/mol. The number of amides is 4. The molecule has 11 heteroatoms. The van der Waals surface area contributed by atoms with Crippen molar-refractivity contribution in [3.8, 4) is 0 Å². The molecule has 0 aromatic heterocycles. The normalized spacial score (nSPS) is 16.9. The predicted molar refractivity (Wildman–Crippen MR) is 129 cm³/mol. The van der Waals surface area contributed by atoms with E-state index in [0.29, 0.717) is 0 Å². The van der Waals surface area contributed by atoms with E-state index in [9.17, 15) is 24.0 Å². The average molecular weight is 486 g/mol. The third-order valence-corrected chi connectivity index (χ3v) is 5.40. The molecule has 0 aliphatic heterocycles. The van der Waals surface area contributed by atoms with Crippen molar-refractivity contribution in [3.05, 3.63) is 0 Å². The maximum absolute atomic E-state index is 13.2. The zero-order valence-electron chi connectivity index (χ0n) is 21.9.